The topological polar surface area (TPSA) is 6.48 Å². The second kappa shape index (κ2) is 6.97. The Bertz CT molecular complexity index is 567. The van der Waals surface area contributed by atoms with E-state index >= 15 is 0 Å². The molecule has 0 saturated heterocycles. The van der Waals surface area contributed by atoms with Crippen molar-refractivity contribution in [1.29, 1.82) is 0 Å². The molecule has 116 valence electrons. The first-order valence-corrected chi connectivity index (χ1v) is 8.27. The summed E-state index contributed by atoms with van der Waals surface area (Å²) in [5.41, 5.74) is 4.42. The summed E-state index contributed by atoms with van der Waals surface area (Å²) in [6.45, 7) is 2.27. The molecule has 0 atom stereocenters. The van der Waals surface area contributed by atoms with Gasteiger partial charge in [-0.2, -0.15) is 0 Å². The summed E-state index contributed by atoms with van der Waals surface area (Å²) >= 11 is 0. The number of para-hydroxylation sites is 1. The Kier molecular flexibility index (Phi) is 4.79. The molecule has 0 unspecified atom stereocenters. The predicted octanol–water partition coefficient (Wildman–Crippen LogP) is 3.61. The molecule has 1 aliphatic carbocycles. The number of rotatable bonds is 6. The van der Waals surface area contributed by atoms with Gasteiger partial charge < -0.3 is 9.80 Å². The standard InChI is InChI=1S/C20H26N2/c1-21(2)13-8-14-22(19-11-4-3-5-12-19)20-15-17-9-6-7-10-18(17)16-20/h3-7,9-12,20H,8,13-16H2,1-2H3. The Morgan fingerprint density at radius 3 is 2.00 bits per heavy atom. The molecule has 0 amide bonds. The molecule has 2 nitrogen and oxygen atoms in total. The Hall–Kier alpha value is -1.80. The van der Waals surface area contributed by atoms with Crippen LogP contribution in [-0.2, 0) is 12.8 Å². The Morgan fingerprint density at radius 1 is 0.818 bits per heavy atom. The molecule has 0 spiro atoms. The number of nitrogens with zero attached hydrogens (tertiary/aromatic N) is 2. The molecule has 22 heavy (non-hydrogen) atoms. The quantitative estimate of drug-likeness (QED) is 0.803. The Balaban J connectivity index is 1.75. The van der Waals surface area contributed by atoms with Crippen LogP contribution < -0.4 is 4.90 Å². The van der Waals surface area contributed by atoms with E-state index in [4.69, 9.17) is 0 Å². The van der Waals surface area contributed by atoms with E-state index in [-0.39, 0.29) is 0 Å². The third-order valence-electron chi connectivity index (χ3n) is 4.56. The summed E-state index contributed by atoms with van der Waals surface area (Å²) in [7, 11) is 4.30. The summed E-state index contributed by atoms with van der Waals surface area (Å²) in [5.74, 6) is 0. The van der Waals surface area contributed by atoms with Crippen LogP contribution >= 0.6 is 0 Å². The minimum absolute atomic E-state index is 0.599. The van der Waals surface area contributed by atoms with Crippen LogP contribution in [0.1, 0.15) is 17.5 Å². The highest BCUT2D eigenvalue weighted by molar-refractivity contribution is 5.49. The Morgan fingerprint density at radius 2 is 1.41 bits per heavy atom. The average molecular weight is 294 g/mol. The molecule has 1 aliphatic rings. The molecule has 2 heteroatoms. The van der Waals surface area contributed by atoms with Crippen LogP contribution in [0.15, 0.2) is 54.6 Å². The maximum Gasteiger partial charge on any atom is 0.0370 e. The zero-order valence-electron chi connectivity index (χ0n) is 13.7. The van der Waals surface area contributed by atoms with E-state index in [9.17, 15) is 0 Å². The first kappa shape index (κ1) is 15.1. The van der Waals surface area contributed by atoms with Gasteiger partial charge in [-0.3, -0.25) is 0 Å². The summed E-state index contributed by atoms with van der Waals surface area (Å²) in [6.07, 6.45) is 3.55. The molecule has 2 aromatic carbocycles. The van der Waals surface area contributed by atoms with Crippen LogP contribution in [0.5, 0.6) is 0 Å². The maximum absolute atomic E-state index is 2.61. The van der Waals surface area contributed by atoms with E-state index < -0.39 is 0 Å². The van der Waals surface area contributed by atoms with Crippen molar-refractivity contribution < 1.29 is 0 Å². The fraction of sp³-hybridized carbons (Fsp3) is 0.400. The predicted molar refractivity (Wildman–Crippen MR) is 94.6 cm³/mol. The summed E-state index contributed by atoms with van der Waals surface area (Å²) < 4.78 is 0. The summed E-state index contributed by atoms with van der Waals surface area (Å²) in [5, 5.41) is 0. The van der Waals surface area contributed by atoms with Crippen molar-refractivity contribution in [2.24, 2.45) is 0 Å². The van der Waals surface area contributed by atoms with Crippen LogP contribution in [0.2, 0.25) is 0 Å². The number of hydrogen-bond acceptors (Lipinski definition) is 2. The normalized spacial score (nSPS) is 14.3. The first-order valence-electron chi connectivity index (χ1n) is 8.27. The van der Waals surface area contributed by atoms with Crippen LogP contribution in [-0.4, -0.2) is 38.1 Å². The minimum atomic E-state index is 0.599. The van der Waals surface area contributed by atoms with Gasteiger partial charge in [0.1, 0.15) is 0 Å². The smallest absolute Gasteiger partial charge is 0.0370 e. The number of anilines is 1. The van der Waals surface area contributed by atoms with Gasteiger partial charge >= 0.3 is 0 Å². The van der Waals surface area contributed by atoms with Gasteiger partial charge in [0.05, 0.1) is 0 Å². The highest BCUT2D eigenvalue weighted by atomic mass is 15.2. The molecule has 0 saturated carbocycles. The highest BCUT2D eigenvalue weighted by Gasteiger charge is 2.26. The van der Waals surface area contributed by atoms with Gasteiger partial charge in [0.15, 0.2) is 0 Å². The molecule has 0 fully saturated rings. The van der Waals surface area contributed by atoms with Crippen molar-refractivity contribution in [2.45, 2.75) is 25.3 Å². The molecule has 0 bridgehead atoms. The van der Waals surface area contributed by atoms with Gasteiger partial charge in [-0.15, -0.1) is 0 Å². The molecule has 0 aromatic heterocycles. The van der Waals surface area contributed by atoms with Crippen molar-refractivity contribution in [3.8, 4) is 0 Å². The third kappa shape index (κ3) is 3.50. The van der Waals surface area contributed by atoms with Crippen LogP contribution in [0.3, 0.4) is 0 Å². The lowest BCUT2D eigenvalue weighted by molar-refractivity contribution is 0.397. The molecule has 0 heterocycles. The lowest BCUT2D eigenvalue weighted by atomic mass is 10.1. The van der Waals surface area contributed by atoms with Gasteiger partial charge in [0.25, 0.3) is 0 Å². The van der Waals surface area contributed by atoms with Crippen molar-refractivity contribution in [2.75, 3.05) is 32.1 Å². The summed E-state index contributed by atoms with van der Waals surface area (Å²) in [6, 6.07) is 20.4. The van der Waals surface area contributed by atoms with Gasteiger partial charge in [0, 0.05) is 18.3 Å². The van der Waals surface area contributed by atoms with Crippen molar-refractivity contribution in [3.63, 3.8) is 0 Å². The van der Waals surface area contributed by atoms with E-state index in [1.807, 2.05) is 0 Å². The molecular weight excluding hydrogens is 268 g/mol. The van der Waals surface area contributed by atoms with Crippen LogP contribution in [0.4, 0.5) is 5.69 Å². The molecule has 0 N–H and O–H groups in total. The second-order valence-electron chi connectivity index (χ2n) is 6.52. The monoisotopic (exact) mass is 294 g/mol. The van der Waals surface area contributed by atoms with Crippen molar-refractivity contribution in [1.82, 2.24) is 4.90 Å². The summed E-state index contributed by atoms with van der Waals surface area (Å²) in [4.78, 5) is 4.88. The molecule has 0 aliphatic heterocycles. The van der Waals surface area contributed by atoms with E-state index in [2.05, 4.69) is 78.5 Å². The zero-order chi connectivity index (χ0) is 15.4. The van der Waals surface area contributed by atoms with Gasteiger partial charge in [-0.25, -0.2) is 0 Å². The van der Waals surface area contributed by atoms with Gasteiger partial charge in [-0.05, 0) is 63.2 Å². The maximum atomic E-state index is 2.61. The van der Waals surface area contributed by atoms with Crippen molar-refractivity contribution in [3.05, 3.63) is 65.7 Å². The van der Waals surface area contributed by atoms with E-state index in [0.717, 1.165) is 13.1 Å². The van der Waals surface area contributed by atoms with E-state index in [1.165, 1.54) is 36.1 Å². The molecule has 0 radical (unpaired) electrons. The first-order chi connectivity index (χ1) is 10.7. The Labute approximate surface area is 134 Å². The van der Waals surface area contributed by atoms with E-state index in [1.54, 1.807) is 0 Å². The van der Waals surface area contributed by atoms with Crippen LogP contribution in [0.25, 0.3) is 0 Å². The number of hydrogen-bond donors (Lipinski definition) is 0. The SMILES string of the molecule is CN(C)CCCN(c1ccccc1)C1Cc2ccccc2C1. The lowest BCUT2D eigenvalue weighted by Gasteiger charge is -2.31. The molecule has 3 rings (SSSR count). The lowest BCUT2D eigenvalue weighted by Crippen LogP contribution is -2.37. The van der Waals surface area contributed by atoms with Gasteiger partial charge in [-0.1, -0.05) is 42.5 Å². The van der Waals surface area contributed by atoms with Crippen LogP contribution in [0, 0.1) is 0 Å². The average Bonchev–Trinajstić information content (AvgIpc) is 2.95. The zero-order valence-corrected chi connectivity index (χ0v) is 13.7. The second-order valence-corrected chi connectivity index (χ2v) is 6.52. The fourth-order valence-electron chi connectivity index (χ4n) is 3.46. The largest absolute Gasteiger partial charge is 0.368 e. The van der Waals surface area contributed by atoms with Crippen molar-refractivity contribution >= 4 is 5.69 Å². The number of benzene rings is 2. The van der Waals surface area contributed by atoms with Gasteiger partial charge in [0.2, 0.25) is 0 Å². The highest BCUT2D eigenvalue weighted by Crippen LogP contribution is 2.29. The molecule has 2 aromatic rings. The fourth-order valence-corrected chi connectivity index (χ4v) is 3.46. The number of fused-ring (bicyclic) bond motifs is 1. The molecular formula is C20H26N2. The minimum Gasteiger partial charge on any atom is -0.368 e. The van der Waals surface area contributed by atoms with E-state index in [0.29, 0.717) is 6.04 Å². The third-order valence-corrected chi connectivity index (χ3v) is 4.56.